The molecule has 34 heavy (non-hydrogen) atoms. The maximum Gasteiger partial charge on any atom is 0.335 e. The van der Waals surface area contributed by atoms with Crippen LogP contribution in [0.1, 0.15) is 32.9 Å². The quantitative estimate of drug-likeness (QED) is 0.303. The number of amides is 2. The van der Waals surface area contributed by atoms with E-state index < -0.39 is 22.0 Å². The number of aryl methyl sites for hydroxylation is 1. The molecule has 1 fully saturated rings. The number of nitro groups is 1. The number of carboxylic acids is 1. The molecule has 1 aromatic heterocycles. The lowest BCUT2D eigenvalue weighted by atomic mass is 10.2. The molecule has 0 aliphatic carbocycles. The van der Waals surface area contributed by atoms with Crippen molar-refractivity contribution in [3.63, 3.8) is 0 Å². The van der Waals surface area contributed by atoms with E-state index in [2.05, 4.69) is 0 Å². The molecule has 1 aliphatic rings. The maximum atomic E-state index is 12.9. The van der Waals surface area contributed by atoms with E-state index in [4.69, 9.17) is 5.11 Å². The standard InChI is InChI=1S/C24H19N3O6S/c1-14-11-18(15(2)26(14)19-9-5-17(6-10-19)23(29)30)12-21-22(28)25(24(31)34-21)13-16-3-7-20(8-4-16)27(32)33/h3-12H,13H2,1-2H3,(H,29,30)/b21-12+. The van der Waals surface area contributed by atoms with Gasteiger partial charge in [-0.1, -0.05) is 12.1 Å². The zero-order valence-electron chi connectivity index (χ0n) is 18.2. The summed E-state index contributed by atoms with van der Waals surface area (Å²) in [6, 6.07) is 14.1. The van der Waals surface area contributed by atoms with Crippen molar-refractivity contribution in [2.45, 2.75) is 20.4 Å². The molecule has 0 bridgehead atoms. The van der Waals surface area contributed by atoms with E-state index in [-0.39, 0.29) is 22.7 Å². The van der Waals surface area contributed by atoms with Crippen molar-refractivity contribution in [2.75, 3.05) is 0 Å². The fourth-order valence-electron chi connectivity index (χ4n) is 3.77. The minimum Gasteiger partial charge on any atom is -0.478 e. The minimum atomic E-state index is -1.00. The first-order valence-electron chi connectivity index (χ1n) is 10.2. The number of imide groups is 1. The van der Waals surface area contributed by atoms with E-state index in [0.29, 0.717) is 5.56 Å². The Balaban J connectivity index is 1.58. The van der Waals surface area contributed by atoms with Gasteiger partial charge in [-0.2, -0.15) is 0 Å². The van der Waals surface area contributed by atoms with E-state index in [1.165, 1.54) is 36.4 Å². The number of aromatic nitrogens is 1. The number of carboxylic acid groups (broad SMARTS) is 1. The van der Waals surface area contributed by atoms with E-state index in [1.54, 1.807) is 18.2 Å². The summed E-state index contributed by atoms with van der Waals surface area (Å²) in [5, 5.41) is 19.5. The SMILES string of the molecule is Cc1cc(/C=C2/SC(=O)N(Cc3ccc([N+](=O)[O-])cc3)C2=O)c(C)n1-c1ccc(C(=O)O)cc1. The number of hydrogen-bond acceptors (Lipinski definition) is 6. The van der Waals surface area contributed by atoms with E-state index in [0.717, 1.165) is 39.3 Å². The first kappa shape index (κ1) is 23.0. The monoisotopic (exact) mass is 477 g/mol. The molecule has 4 rings (SSSR count). The van der Waals surface area contributed by atoms with Gasteiger partial charge in [0.25, 0.3) is 16.8 Å². The van der Waals surface area contributed by atoms with Gasteiger partial charge in [-0.05, 0) is 73.1 Å². The Bertz CT molecular complexity index is 1360. The van der Waals surface area contributed by atoms with Crippen molar-refractivity contribution in [2.24, 2.45) is 0 Å². The average molecular weight is 477 g/mol. The Hall–Kier alpha value is -4.18. The van der Waals surface area contributed by atoms with Gasteiger partial charge in [-0.25, -0.2) is 4.79 Å². The van der Waals surface area contributed by atoms with Gasteiger partial charge in [0.2, 0.25) is 0 Å². The molecule has 9 nitrogen and oxygen atoms in total. The van der Waals surface area contributed by atoms with Crippen molar-refractivity contribution in [1.82, 2.24) is 9.47 Å². The summed E-state index contributed by atoms with van der Waals surface area (Å²) < 4.78 is 1.94. The van der Waals surface area contributed by atoms with E-state index >= 15 is 0 Å². The van der Waals surface area contributed by atoms with Crippen LogP contribution in [0.5, 0.6) is 0 Å². The molecular weight excluding hydrogens is 458 g/mol. The lowest BCUT2D eigenvalue weighted by molar-refractivity contribution is -0.384. The van der Waals surface area contributed by atoms with Crippen LogP contribution in [0, 0.1) is 24.0 Å². The number of rotatable bonds is 6. The summed E-state index contributed by atoms with van der Waals surface area (Å²) in [4.78, 5) is 48.2. The van der Waals surface area contributed by atoms with Gasteiger partial charge >= 0.3 is 5.97 Å². The highest BCUT2D eigenvalue weighted by molar-refractivity contribution is 8.18. The maximum absolute atomic E-state index is 12.9. The molecule has 0 atom stereocenters. The van der Waals surface area contributed by atoms with Crippen LogP contribution in [-0.2, 0) is 11.3 Å². The largest absolute Gasteiger partial charge is 0.478 e. The topological polar surface area (TPSA) is 123 Å². The second-order valence-electron chi connectivity index (χ2n) is 7.71. The average Bonchev–Trinajstić information content (AvgIpc) is 3.23. The number of carbonyl (C=O) groups is 3. The minimum absolute atomic E-state index is 0.0228. The second kappa shape index (κ2) is 8.99. The Kier molecular flexibility index (Phi) is 6.08. The van der Waals surface area contributed by atoms with Crippen LogP contribution in [0.2, 0.25) is 0 Å². The molecule has 1 saturated heterocycles. The zero-order valence-corrected chi connectivity index (χ0v) is 19.0. The van der Waals surface area contributed by atoms with Crippen LogP contribution in [0.15, 0.2) is 59.5 Å². The van der Waals surface area contributed by atoms with Crippen LogP contribution < -0.4 is 0 Å². The van der Waals surface area contributed by atoms with Gasteiger partial charge in [0, 0.05) is 29.2 Å². The summed E-state index contributed by atoms with van der Waals surface area (Å²) in [6.45, 7) is 3.80. The van der Waals surface area contributed by atoms with Crippen molar-refractivity contribution < 1.29 is 24.4 Å². The van der Waals surface area contributed by atoms with Crippen LogP contribution in [0.3, 0.4) is 0 Å². The number of nitro benzene ring substituents is 1. The van der Waals surface area contributed by atoms with Gasteiger partial charge in [0.1, 0.15) is 0 Å². The normalized spacial score (nSPS) is 14.8. The van der Waals surface area contributed by atoms with Gasteiger partial charge in [-0.15, -0.1) is 0 Å². The number of benzene rings is 2. The van der Waals surface area contributed by atoms with E-state index in [9.17, 15) is 24.5 Å². The second-order valence-corrected chi connectivity index (χ2v) is 8.70. The third-order valence-electron chi connectivity index (χ3n) is 5.49. The molecule has 2 amide bonds. The molecular formula is C24H19N3O6S. The van der Waals surface area contributed by atoms with Crippen LogP contribution >= 0.6 is 11.8 Å². The number of nitrogens with zero attached hydrogens (tertiary/aromatic N) is 3. The summed E-state index contributed by atoms with van der Waals surface area (Å²) >= 11 is 0.845. The lowest BCUT2D eigenvalue weighted by Gasteiger charge is -2.12. The molecule has 0 unspecified atom stereocenters. The van der Waals surface area contributed by atoms with Gasteiger partial charge in [0.15, 0.2) is 0 Å². The molecule has 10 heteroatoms. The van der Waals surface area contributed by atoms with Crippen molar-refractivity contribution in [3.8, 4) is 5.69 Å². The van der Waals surface area contributed by atoms with Crippen molar-refractivity contribution in [1.29, 1.82) is 0 Å². The smallest absolute Gasteiger partial charge is 0.335 e. The molecule has 0 spiro atoms. The van der Waals surface area contributed by atoms with Crippen molar-refractivity contribution >= 4 is 40.6 Å². The number of non-ortho nitro benzene ring substituents is 1. The van der Waals surface area contributed by atoms with Crippen LogP contribution in [0.4, 0.5) is 10.5 Å². The molecule has 172 valence electrons. The van der Waals surface area contributed by atoms with Gasteiger partial charge in [-0.3, -0.25) is 24.6 Å². The highest BCUT2D eigenvalue weighted by Gasteiger charge is 2.35. The molecule has 1 aliphatic heterocycles. The highest BCUT2D eigenvalue weighted by atomic mass is 32.2. The fraction of sp³-hybridized carbons (Fsp3) is 0.125. The first-order chi connectivity index (χ1) is 16.2. The van der Waals surface area contributed by atoms with Crippen molar-refractivity contribution in [3.05, 3.63) is 97.7 Å². The summed E-state index contributed by atoms with van der Waals surface area (Å²) in [7, 11) is 0. The molecule has 1 N–H and O–H groups in total. The number of hydrogen-bond donors (Lipinski definition) is 1. The first-order valence-corrected chi connectivity index (χ1v) is 11.0. The Labute approximate surface area is 198 Å². The predicted molar refractivity (Wildman–Crippen MR) is 127 cm³/mol. The number of thioether (sulfide) groups is 1. The molecule has 2 aromatic carbocycles. The highest BCUT2D eigenvalue weighted by Crippen LogP contribution is 2.35. The third kappa shape index (κ3) is 4.35. The van der Waals surface area contributed by atoms with Crippen LogP contribution in [-0.4, -0.2) is 36.6 Å². The molecule has 0 saturated carbocycles. The number of aromatic carboxylic acids is 1. The third-order valence-corrected chi connectivity index (χ3v) is 6.40. The van der Waals surface area contributed by atoms with Crippen LogP contribution in [0.25, 0.3) is 11.8 Å². The van der Waals surface area contributed by atoms with E-state index in [1.807, 2.05) is 24.5 Å². The molecule has 2 heterocycles. The number of carbonyl (C=O) groups excluding carboxylic acids is 2. The Morgan fingerprint density at radius 1 is 1.09 bits per heavy atom. The Morgan fingerprint density at radius 2 is 1.74 bits per heavy atom. The zero-order chi connectivity index (χ0) is 24.6. The van der Waals surface area contributed by atoms with Gasteiger partial charge in [0.05, 0.1) is 21.9 Å². The summed E-state index contributed by atoms with van der Waals surface area (Å²) in [5.74, 6) is -1.43. The summed E-state index contributed by atoms with van der Waals surface area (Å²) in [5.41, 5.74) is 4.00. The lowest BCUT2D eigenvalue weighted by Crippen LogP contribution is -2.27. The predicted octanol–water partition coefficient (Wildman–Crippen LogP) is 4.94. The molecule has 3 aromatic rings. The Morgan fingerprint density at radius 3 is 2.32 bits per heavy atom. The summed E-state index contributed by atoms with van der Waals surface area (Å²) in [6.07, 6.45) is 1.67. The fourth-order valence-corrected chi connectivity index (χ4v) is 4.60. The van der Waals surface area contributed by atoms with Gasteiger partial charge < -0.3 is 9.67 Å². The molecule has 0 radical (unpaired) electrons.